The van der Waals surface area contributed by atoms with E-state index in [1.54, 1.807) is 11.8 Å². The third kappa shape index (κ3) is 3.78. The minimum atomic E-state index is -3.72. The Hall–Kier alpha value is -1.87. The molecule has 1 amide bonds. The lowest BCUT2D eigenvalue weighted by Crippen LogP contribution is -2.30. The number of carbonyl (C=O) groups is 1. The van der Waals surface area contributed by atoms with Crippen molar-refractivity contribution in [2.75, 3.05) is 19.9 Å². The molecule has 1 N–H and O–H groups in total. The molecular formula is C18H20N2O4S2. The van der Waals surface area contributed by atoms with Gasteiger partial charge in [0.25, 0.3) is 15.9 Å². The van der Waals surface area contributed by atoms with Gasteiger partial charge in [-0.2, -0.15) is 0 Å². The van der Waals surface area contributed by atoms with Crippen molar-refractivity contribution in [1.82, 2.24) is 9.79 Å². The van der Waals surface area contributed by atoms with Crippen LogP contribution >= 0.6 is 11.8 Å². The summed E-state index contributed by atoms with van der Waals surface area (Å²) in [5, 5.41) is 3.05. The predicted octanol–water partition coefficient (Wildman–Crippen LogP) is 2.84. The Bertz CT molecular complexity index is 898. The van der Waals surface area contributed by atoms with Crippen LogP contribution in [-0.4, -0.2) is 38.7 Å². The Balaban J connectivity index is 1.76. The van der Waals surface area contributed by atoms with Crippen LogP contribution in [0.25, 0.3) is 0 Å². The molecule has 138 valence electrons. The number of hydrogen-bond acceptors (Lipinski definition) is 5. The normalized spacial score (nSPS) is 17.0. The number of sulfonamides is 1. The highest BCUT2D eigenvalue weighted by Gasteiger charge is 2.24. The van der Waals surface area contributed by atoms with Crippen molar-refractivity contribution in [1.29, 1.82) is 0 Å². The number of nitrogens with zero attached hydrogens (tertiary/aromatic N) is 1. The minimum absolute atomic E-state index is 0.0389. The summed E-state index contributed by atoms with van der Waals surface area (Å²) >= 11 is 1.79. The second-order valence-electron chi connectivity index (χ2n) is 5.82. The number of hydrogen-bond donors (Lipinski definition) is 1. The molecule has 1 aliphatic heterocycles. The monoisotopic (exact) mass is 392 g/mol. The summed E-state index contributed by atoms with van der Waals surface area (Å²) in [6, 6.07) is 13.8. The van der Waals surface area contributed by atoms with Gasteiger partial charge in [0, 0.05) is 23.3 Å². The van der Waals surface area contributed by atoms with Crippen molar-refractivity contribution in [2.24, 2.45) is 0 Å². The van der Waals surface area contributed by atoms with E-state index in [0.717, 1.165) is 22.2 Å². The lowest BCUT2D eigenvalue weighted by Gasteiger charge is -2.26. The van der Waals surface area contributed by atoms with Crippen molar-refractivity contribution in [3.63, 3.8) is 0 Å². The topological polar surface area (TPSA) is 75.7 Å². The second-order valence-corrected chi connectivity index (χ2v) is 8.90. The van der Waals surface area contributed by atoms with Gasteiger partial charge in [-0.25, -0.2) is 8.42 Å². The number of thioether (sulfide) groups is 1. The van der Waals surface area contributed by atoms with Gasteiger partial charge in [-0.15, -0.1) is 11.8 Å². The van der Waals surface area contributed by atoms with E-state index in [9.17, 15) is 13.2 Å². The van der Waals surface area contributed by atoms with Crippen LogP contribution in [0.5, 0.6) is 0 Å². The Kier molecular flexibility index (Phi) is 5.67. The molecule has 26 heavy (non-hydrogen) atoms. The number of carbonyl (C=O) groups excluding carboxylic acids is 1. The highest BCUT2D eigenvalue weighted by atomic mass is 32.2. The standard InChI is InChI=1S/C18H20N2O4S2/c1-20(24-2)26(22,23)14-9-7-13(8-10-14)18(21)19-16-11-12-25-17-6-4-3-5-15(16)17/h3-10,16H,11-12H2,1-2H3,(H,19,21). The Morgan fingerprint density at radius 1 is 1.19 bits per heavy atom. The van der Waals surface area contributed by atoms with Gasteiger partial charge >= 0.3 is 0 Å². The van der Waals surface area contributed by atoms with Crippen LogP contribution < -0.4 is 5.32 Å². The van der Waals surface area contributed by atoms with Crippen LogP contribution in [0.4, 0.5) is 0 Å². The zero-order valence-corrected chi connectivity index (χ0v) is 16.1. The molecule has 8 heteroatoms. The first kappa shape index (κ1) is 18.9. The molecule has 1 aliphatic rings. The van der Waals surface area contributed by atoms with Gasteiger partial charge in [0.15, 0.2) is 0 Å². The first-order valence-corrected chi connectivity index (χ1v) is 10.5. The van der Waals surface area contributed by atoms with Crippen molar-refractivity contribution in [3.8, 4) is 0 Å². The number of benzene rings is 2. The van der Waals surface area contributed by atoms with E-state index >= 15 is 0 Å². The quantitative estimate of drug-likeness (QED) is 0.792. The maximum Gasteiger partial charge on any atom is 0.264 e. The summed E-state index contributed by atoms with van der Waals surface area (Å²) in [5.74, 6) is 0.725. The Morgan fingerprint density at radius 3 is 2.58 bits per heavy atom. The van der Waals surface area contributed by atoms with Crippen molar-refractivity contribution in [2.45, 2.75) is 22.3 Å². The summed E-state index contributed by atoms with van der Waals surface area (Å²) in [7, 11) is -1.13. The largest absolute Gasteiger partial charge is 0.345 e. The SMILES string of the molecule is CON(C)S(=O)(=O)c1ccc(C(=O)NC2CCSc3ccccc32)cc1. The summed E-state index contributed by atoms with van der Waals surface area (Å²) in [6.07, 6.45) is 0.860. The van der Waals surface area contributed by atoms with E-state index in [4.69, 9.17) is 4.84 Å². The molecule has 0 aliphatic carbocycles. The van der Waals surface area contributed by atoms with E-state index in [1.165, 1.54) is 43.3 Å². The van der Waals surface area contributed by atoms with Crippen LogP contribution in [-0.2, 0) is 14.9 Å². The summed E-state index contributed by atoms with van der Waals surface area (Å²) in [4.78, 5) is 18.6. The molecule has 1 heterocycles. The highest BCUT2D eigenvalue weighted by Crippen LogP contribution is 2.35. The van der Waals surface area contributed by atoms with Crippen LogP contribution in [0.3, 0.4) is 0 Å². The van der Waals surface area contributed by atoms with Gasteiger partial charge in [-0.05, 0) is 42.3 Å². The summed E-state index contributed by atoms with van der Waals surface area (Å²) in [5.41, 5.74) is 1.54. The van der Waals surface area contributed by atoms with E-state index in [-0.39, 0.29) is 16.8 Å². The molecule has 0 fully saturated rings. The zero-order chi connectivity index (χ0) is 18.7. The van der Waals surface area contributed by atoms with Gasteiger partial charge in [-0.3, -0.25) is 9.63 Å². The molecule has 0 spiro atoms. The third-order valence-electron chi connectivity index (χ3n) is 4.27. The second kappa shape index (κ2) is 7.79. The van der Waals surface area contributed by atoms with Crippen molar-refractivity contribution < 1.29 is 18.0 Å². The van der Waals surface area contributed by atoms with Crippen molar-refractivity contribution >= 4 is 27.7 Å². The molecule has 2 aromatic carbocycles. The molecule has 0 saturated carbocycles. The third-order valence-corrected chi connectivity index (χ3v) is 7.09. The van der Waals surface area contributed by atoms with E-state index in [1.807, 2.05) is 18.2 Å². The molecule has 0 bridgehead atoms. The van der Waals surface area contributed by atoms with Gasteiger partial charge in [-0.1, -0.05) is 22.7 Å². The fourth-order valence-electron chi connectivity index (χ4n) is 2.76. The molecular weight excluding hydrogens is 372 g/mol. The van der Waals surface area contributed by atoms with E-state index < -0.39 is 10.0 Å². The zero-order valence-electron chi connectivity index (χ0n) is 14.5. The lowest BCUT2D eigenvalue weighted by molar-refractivity contribution is -0.0258. The molecule has 6 nitrogen and oxygen atoms in total. The Morgan fingerprint density at radius 2 is 1.88 bits per heavy atom. The van der Waals surface area contributed by atoms with E-state index in [2.05, 4.69) is 11.4 Å². The van der Waals surface area contributed by atoms with Gasteiger partial charge < -0.3 is 5.32 Å². The predicted molar refractivity (Wildman–Crippen MR) is 100 cm³/mol. The molecule has 0 aromatic heterocycles. The maximum absolute atomic E-state index is 12.6. The number of nitrogens with one attached hydrogen (secondary N) is 1. The number of hydroxylamine groups is 1. The Labute approximate surface area is 157 Å². The molecule has 0 saturated heterocycles. The number of amides is 1. The maximum atomic E-state index is 12.6. The number of rotatable bonds is 5. The smallest absolute Gasteiger partial charge is 0.264 e. The summed E-state index contributed by atoms with van der Waals surface area (Å²) < 4.78 is 25.2. The average molecular weight is 393 g/mol. The summed E-state index contributed by atoms with van der Waals surface area (Å²) in [6.45, 7) is 0. The minimum Gasteiger partial charge on any atom is -0.345 e. The van der Waals surface area contributed by atoms with Crippen LogP contribution in [0, 0.1) is 0 Å². The van der Waals surface area contributed by atoms with Crippen molar-refractivity contribution in [3.05, 3.63) is 59.7 Å². The molecule has 3 rings (SSSR count). The first-order chi connectivity index (χ1) is 12.4. The first-order valence-electron chi connectivity index (χ1n) is 8.09. The molecule has 1 unspecified atom stereocenters. The molecule has 0 radical (unpaired) electrons. The fraction of sp³-hybridized carbons (Fsp3) is 0.278. The molecule has 2 aromatic rings. The van der Waals surface area contributed by atoms with Gasteiger partial charge in [0.1, 0.15) is 0 Å². The van der Waals surface area contributed by atoms with Crippen LogP contribution in [0.1, 0.15) is 28.4 Å². The average Bonchev–Trinajstić information content (AvgIpc) is 2.67. The van der Waals surface area contributed by atoms with Crippen LogP contribution in [0.2, 0.25) is 0 Å². The van der Waals surface area contributed by atoms with Crippen LogP contribution in [0.15, 0.2) is 58.3 Å². The van der Waals surface area contributed by atoms with Gasteiger partial charge in [0.05, 0.1) is 18.0 Å². The highest BCUT2D eigenvalue weighted by molar-refractivity contribution is 7.99. The lowest BCUT2D eigenvalue weighted by atomic mass is 10.0. The van der Waals surface area contributed by atoms with E-state index in [0.29, 0.717) is 5.56 Å². The fourth-order valence-corrected chi connectivity index (χ4v) is 4.86. The number of fused-ring (bicyclic) bond motifs is 1. The molecule has 1 atom stereocenters. The van der Waals surface area contributed by atoms with Gasteiger partial charge in [0.2, 0.25) is 0 Å².